The molecule has 1 N–H and O–H groups in total. The first-order chi connectivity index (χ1) is 12.9. The van der Waals surface area contributed by atoms with E-state index in [1.54, 1.807) is 26.0 Å². The summed E-state index contributed by atoms with van der Waals surface area (Å²) < 4.78 is 6.59. The van der Waals surface area contributed by atoms with Crippen molar-refractivity contribution in [1.82, 2.24) is 0 Å². The Morgan fingerprint density at radius 1 is 1.15 bits per heavy atom. The molecular formula is C20H18Br2N2O3. The number of esters is 1. The van der Waals surface area contributed by atoms with E-state index in [0.717, 1.165) is 10.2 Å². The van der Waals surface area contributed by atoms with Crippen LogP contribution in [0.2, 0.25) is 0 Å². The lowest BCUT2D eigenvalue weighted by atomic mass is 10.0. The van der Waals surface area contributed by atoms with Crippen LogP contribution in [-0.4, -0.2) is 24.0 Å². The van der Waals surface area contributed by atoms with Gasteiger partial charge in [-0.1, -0.05) is 40.2 Å². The van der Waals surface area contributed by atoms with Gasteiger partial charge >= 0.3 is 5.97 Å². The monoisotopic (exact) mass is 492 g/mol. The summed E-state index contributed by atoms with van der Waals surface area (Å²) in [5.74, 6) is -0.816. The van der Waals surface area contributed by atoms with Crippen LogP contribution < -0.4 is 10.2 Å². The van der Waals surface area contributed by atoms with Crippen molar-refractivity contribution in [3.63, 3.8) is 0 Å². The molecule has 1 aliphatic heterocycles. The Bertz CT molecular complexity index is 914. The number of hydrogen-bond donors (Lipinski definition) is 1. The fourth-order valence-corrected chi connectivity index (χ4v) is 3.98. The summed E-state index contributed by atoms with van der Waals surface area (Å²) in [4.78, 5) is 27.6. The highest BCUT2D eigenvalue weighted by Crippen LogP contribution is 2.43. The lowest BCUT2D eigenvalue weighted by Crippen LogP contribution is -2.52. The van der Waals surface area contributed by atoms with E-state index in [1.165, 1.54) is 4.90 Å². The van der Waals surface area contributed by atoms with Crippen molar-refractivity contribution in [2.45, 2.75) is 19.4 Å². The number of carbonyl (C=O) groups is 2. The minimum absolute atomic E-state index is 0.222. The van der Waals surface area contributed by atoms with E-state index in [9.17, 15) is 9.59 Å². The largest absolute Gasteiger partial charge is 0.464 e. The third-order valence-electron chi connectivity index (χ3n) is 4.29. The van der Waals surface area contributed by atoms with Crippen molar-refractivity contribution in [2.24, 2.45) is 0 Å². The first-order valence-electron chi connectivity index (χ1n) is 8.39. The Morgan fingerprint density at radius 2 is 1.85 bits per heavy atom. The zero-order valence-corrected chi connectivity index (χ0v) is 18.0. The van der Waals surface area contributed by atoms with Gasteiger partial charge in [-0.3, -0.25) is 9.69 Å². The highest BCUT2D eigenvalue weighted by atomic mass is 79.9. The number of rotatable bonds is 5. The Labute approximate surface area is 174 Å². The fraction of sp³-hybridized carbons (Fsp3) is 0.200. The van der Waals surface area contributed by atoms with Crippen LogP contribution in [0.25, 0.3) is 0 Å². The van der Waals surface area contributed by atoms with Gasteiger partial charge in [0.1, 0.15) is 5.70 Å². The second-order valence-corrected chi connectivity index (χ2v) is 7.80. The molecule has 7 heteroatoms. The van der Waals surface area contributed by atoms with Crippen LogP contribution in [0.5, 0.6) is 0 Å². The maximum Gasteiger partial charge on any atom is 0.337 e. The molecule has 0 bridgehead atoms. The molecule has 0 saturated carbocycles. The Hall–Kier alpha value is -2.12. The molecule has 3 rings (SSSR count). The average molecular weight is 494 g/mol. The van der Waals surface area contributed by atoms with Gasteiger partial charge in [-0.15, -0.1) is 0 Å². The van der Waals surface area contributed by atoms with Crippen LogP contribution in [0.3, 0.4) is 0 Å². The first-order valence-corrected chi connectivity index (χ1v) is 9.97. The number of para-hydroxylation sites is 1. The summed E-state index contributed by atoms with van der Waals surface area (Å²) in [5, 5.41) is 3.14. The summed E-state index contributed by atoms with van der Waals surface area (Å²) in [6.07, 6.45) is 0. The number of benzene rings is 2. The highest BCUT2D eigenvalue weighted by Gasteiger charge is 2.54. The second-order valence-electron chi connectivity index (χ2n) is 6.09. The number of ether oxygens (including phenoxy) is 1. The van der Waals surface area contributed by atoms with Gasteiger partial charge in [0.25, 0.3) is 5.91 Å². The van der Waals surface area contributed by atoms with Gasteiger partial charge in [0.05, 0.1) is 11.1 Å². The minimum atomic E-state index is -1.30. The van der Waals surface area contributed by atoms with Gasteiger partial charge in [-0.25, -0.2) is 4.79 Å². The normalized spacial score (nSPS) is 19.4. The Balaban J connectivity index is 2.09. The molecule has 1 amide bonds. The average Bonchev–Trinajstić information content (AvgIpc) is 2.84. The van der Waals surface area contributed by atoms with Gasteiger partial charge in [0.15, 0.2) is 5.54 Å². The van der Waals surface area contributed by atoms with Crippen molar-refractivity contribution in [3.05, 3.63) is 69.2 Å². The predicted molar refractivity (Wildman–Crippen MR) is 113 cm³/mol. The zero-order valence-electron chi connectivity index (χ0n) is 14.8. The summed E-state index contributed by atoms with van der Waals surface area (Å²) in [5.41, 5.74) is 0.335. The molecule has 2 aromatic rings. The van der Waals surface area contributed by atoms with Crippen molar-refractivity contribution in [1.29, 1.82) is 0 Å². The molecule has 0 radical (unpaired) electrons. The van der Waals surface area contributed by atoms with Crippen LogP contribution in [0.4, 0.5) is 11.4 Å². The summed E-state index contributed by atoms with van der Waals surface area (Å²) in [6.45, 7) is 3.64. The van der Waals surface area contributed by atoms with Gasteiger partial charge in [0, 0.05) is 15.8 Å². The third kappa shape index (κ3) is 3.53. The van der Waals surface area contributed by atoms with E-state index in [0.29, 0.717) is 15.9 Å². The minimum Gasteiger partial charge on any atom is -0.464 e. The van der Waals surface area contributed by atoms with Crippen molar-refractivity contribution >= 4 is 55.1 Å². The molecule has 27 heavy (non-hydrogen) atoms. The molecule has 0 unspecified atom stereocenters. The maximum absolute atomic E-state index is 13.3. The summed E-state index contributed by atoms with van der Waals surface area (Å²) in [7, 11) is 0. The van der Waals surface area contributed by atoms with Gasteiger partial charge in [0.2, 0.25) is 0 Å². The highest BCUT2D eigenvalue weighted by molar-refractivity contribution is 9.12. The number of amides is 1. The molecule has 1 heterocycles. The van der Waals surface area contributed by atoms with E-state index in [2.05, 4.69) is 37.2 Å². The van der Waals surface area contributed by atoms with Crippen LogP contribution in [0.1, 0.15) is 13.8 Å². The lowest BCUT2D eigenvalue weighted by Gasteiger charge is -2.33. The molecule has 0 saturated heterocycles. The number of carbonyl (C=O) groups excluding carboxylic acids is 2. The topological polar surface area (TPSA) is 58.6 Å². The number of hydrogen-bond acceptors (Lipinski definition) is 4. The van der Waals surface area contributed by atoms with E-state index in [4.69, 9.17) is 4.74 Å². The molecule has 0 spiro atoms. The van der Waals surface area contributed by atoms with Crippen molar-refractivity contribution < 1.29 is 14.3 Å². The lowest BCUT2D eigenvalue weighted by molar-refractivity contribution is -0.147. The molecular weight excluding hydrogens is 476 g/mol. The number of halogens is 2. The molecule has 5 nitrogen and oxygen atoms in total. The van der Waals surface area contributed by atoms with Gasteiger partial charge < -0.3 is 10.1 Å². The van der Waals surface area contributed by atoms with E-state index in [-0.39, 0.29) is 12.5 Å². The number of nitrogens with one attached hydrogen (secondary N) is 1. The standard InChI is InChI=1S/C20H18Br2N2O3/c1-3-27-19(26)20(2)17(22)16(23-14-9-7-8-13(21)12-14)18(25)24(20)15-10-5-4-6-11-15/h4-12,23H,3H2,1-2H3/t20-/m0/s1. The molecule has 2 aromatic carbocycles. The second kappa shape index (κ2) is 7.86. The summed E-state index contributed by atoms with van der Waals surface area (Å²) >= 11 is 6.91. The quantitative estimate of drug-likeness (QED) is 0.605. The fourth-order valence-electron chi connectivity index (χ4n) is 2.97. The molecule has 0 fully saturated rings. The maximum atomic E-state index is 13.3. The first kappa shape index (κ1) is 19.6. The van der Waals surface area contributed by atoms with Crippen LogP contribution in [0, 0.1) is 0 Å². The van der Waals surface area contributed by atoms with Crippen molar-refractivity contribution in [3.8, 4) is 0 Å². The molecule has 0 aliphatic carbocycles. The SMILES string of the molecule is CCOC(=O)[C@]1(C)C(Br)=C(Nc2cccc(Br)c2)C(=O)N1c1ccccc1. The Morgan fingerprint density at radius 3 is 2.48 bits per heavy atom. The molecule has 1 atom stereocenters. The van der Waals surface area contributed by atoms with Crippen molar-refractivity contribution in [2.75, 3.05) is 16.8 Å². The van der Waals surface area contributed by atoms with Gasteiger partial charge in [-0.05, 0) is 60.1 Å². The summed E-state index contributed by atoms with van der Waals surface area (Å²) in [6, 6.07) is 16.5. The Kier molecular flexibility index (Phi) is 5.72. The molecule has 0 aromatic heterocycles. The third-order valence-corrected chi connectivity index (χ3v) is 5.95. The van der Waals surface area contributed by atoms with E-state index in [1.807, 2.05) is 42.5 Å². The van der Waals surface area contributed by atoms with Crippen LogP contribution in [0.15, 0.2) is 69.2 Å². The molecule has 140 valence electrons. The van der Waals surface area contributed by atoms with Crippen LogP contribution in [-0.2, 0) is 14.3 Å². The smallest absolute Gasteiger partial charge is 0.337 e. The number of anilines is 2. The van der Waals surface area contributed by atoms with E-state index >= 15 is 0 Å². The number of nitrogens with zero attached hydrogens (tertiary/aromatic N) is 1. The zero-order chi connectivity index (χ0) is 19.6. The predicted octanol–water partition coefficient (Wildman–Crippen LogP) is 4.84. The van der Waals surface area contributed by atoms with Gasteiger partial charge in [-0.2, -0.15) is 0 Å². The van der Waals surface area contributed by atoms with E-state index < -0.39 is 11.5 Å². The van der Waals surface area contributed by atoms with Crippen LogP contribution >= 0.6 is 31.9 Å². The molecule has 1 aliphatic rings.